The number of aromatic nitrogens is 3. The summed E-state index contributed by atoms with van der Waals surface area (Å²) in [6, 6.07) is 12.8. The Morgan fingerprint density at radius 3 is 2.68 bits per heavy atom. The number of aromatic amines is 1. The summed E-state index contributed by atoms with van der Waals surface area (Å²) in [5.41, 5.74) is 3.83. The summed E-state index contributed by atoms with van der Waals surface area (Å²) in [6.45, 7) is 4.10. The third kappa shape index (κ3) is 3.92. The van der Waals surface area contributed by atoms with E-state index >= 15 is 0 Å². The van der Waals surface area contributed by atoms with Crippen LogP contribution in [0.5, 0.6) is 0 Å². The third-order valence-corrected chi connectivity index (χ3v) is 7.98. The number of rotatable bonds is 6. The van der Waals surface area contributed by atoms with E-state index in [-0.39, 0.29) is 17.8 Å². The zero-order valence-electron chi connectivity index (χ0n) is 18.8. The number of benzene rings is 1. The monoisotopic (exact) mass is 476 g/mol. The van der Waals surface area contributed by atoms with Crippen LogP contribution < -0.4 is 10.3 Å². The molecule has 34 heavy (non-hydrogen) atoms. The van der Waals surface area contributed by atoms with Gasteiger partial charge in [-0.1, -0.05) is 17.7 Å². The number of nitrogens with one attached hydrogen (secondary N) is 2. The van der Waals surface area contributed by atoms with Crippen molar-refractivity contribution in [2.45, 2.75) is 38.5 Å². The molecule has 0 unspecified atom stereocenters. The molecule has 0 bridgehead atoms. The van der Waals surface area contributed by atoms with E-state index in [2.05, 4.69) is 14.7 Å². The normalized spacial score (nSPS) is 13.8. The number of aryl methyl sites for hydroxylation is 2. The quantitative estimate of drug-likeness (QED) is 0.443. The highest BCUT2D eigenvalue weighted by molar-refractivity contribution is 7.91. The van der Waals surface area contributed by atoms with Gasteiger partial charge in [-0.2, -0.15) is 0 Å². The van der Waals surface area contributed by atoms with Crippen LogP contribution in [-0.2, 0) is 16.6 Å². The van der Waals surface area contributed by atoms with Crippen LogP contribution in [0.4, 0.5) is 0 Å². The van der Waals surface area contributed by atoms with Gasteiger partial charge in [0.15, 0.2) is 0 Å². The smallest absolute Gasteiger partial charge is 0.282 e. The molecule has 3 aromatic heterocycles. The fourth-order valence-corrected chi connectivity index (χ4v) is 5.53. The van der Waals surface area contributed by atoms with Gasteiger partial charge in [-0.3, -0.25) is 14.6 Å². The average Bonchev–Trinajstić information content (AvgIpc) is 3.60. The molecule has 1 saturated carbocycles. The second kappa shape index (κ2) is 8.25. The lowest BCUT2D eigenvalue weighted by Gasteiger charge is -2.14. The van der Waals surface area contributed by atoms with Gasteiger partial charge in [0.1, 0.15) is 5.69 Å². The van der Waals surface area contributed by atoms with Crippen molar-refractivity contribution >= 4 is 26.8 Å². The summed E-state index contributed by atoms with van der Waals surface area (Å²) in [7, 11) is -3.80. The van der Waals surface area contributed by atoms with Crippen LogP contribution in [0.2, 0.25) is 0 Å². The molecule has 1 aliphatic carbocycles. The first-order chi connectivity index (χ1) is 16.3. The molecule has 9 heteroatoms. The summed E-state index contributed by atoms with van der Waals surface area (Å²) in [5, 5.41) is 0.146. The Bertz CT molecular complexity index is 1600. The summed E-state index contributed by atoms with van der Waals surface area (Å²) in [6.07, 6.45) is 4.28. The molecule has 5 rings (SSSR count). The number of pyridine rings is 2. The number of nitrogens with zero attached hydrogens (tertiary/aromatic N) is 2. The van der Waals surface area contributed by atoms with Gasteiger partial charge in [-0.15, -0.1) is 0 Å². The standard InChI is InChI=1S/C25H24N4O4S/c1-15-7-10-21-20(13-15)22(19-6-4-12-27-24(19)30)23(25(31)28-34(32,33)18-8-9-18)29(21)14-17-5-3-11-26-16(17)2/h3-7,10-13,18H,8-9,14H2,1-2H3,(H,27,30)(H,28,31). The SMILES string of the molecule is Cc1ccc2c(c1)c(-c1ccc[nH]c1=O)c(C(=O)NS(=O)(=O)C1CC1)n2Cc1cccnc1C. The van der Waals surface area contributed by atoms with E-state index in [4.69, 9.17) is 0 Å². The predicted octanol–water partition coefficient (Wildman–Crippen LogP) is 3.28. The highest BCUT2D eigenvalue weighted by Gasteiger charge is 2.38. The van der Waals surface area contributed by atoms with Crippen LogP contribution in [0.1, 0.15) is 40.2 Å². The zero-order valence-corrected chi connectivity index (χ0v) is 19.6. The Morgan fingerprint density at radius 2 is 1.97 bits per heavy atom. The number of carbonyl (C=O) groups excluding carboxylic acids is 1. The molecule has 0 spiro atoms. The number of amides is 1. The van der Waals surface area contributed by atoms with Crippen LogP contribution in [0.3, 0.4) is 0 Å². The van der Waals surface area contributed by atoms with Crippen molar-refractivity contribution in [2.75, 3.05) is 0 Å². The van der Waals surface area contributed by atoms with E-state index in [1.54, 1.807) is 22.9 Å². The molecule has 0 saturated heterocycles. The molecule has 1 aromatic carbocycles. The predicted molar refractivity (Wildman–Crippen MR) is 130 cm³/mol. The Balaban J connectivity index is 1.81. The molecule has 4 aromatic rings. The first-order valence-electron chi connectivity index (χ1n) is 11.0. The molecule has 0 atom stereocenters. The van der Waals surface area contributed by atoms with E-state index in [0.29, 0.717) is 29.4 Å². The lowest BCUT2D eigenvalue weighted by atomic mass is 10.0. The molecular weight excluding hydrogens is 452 g/mol. The first-order valence-corrected chi connectivity index (χ1v) is 12.6. The highest BCUT2D eigenvalue weighted by atomic mass is 32.2. The first kappa shape index (κ1) is 22.1. The minimum absolute atomic E-state index is 0.129. The maximum atomic E-state index is 13.6. The van der Waals surface area contributed by atoms with E-state index < -0.39 is 21.2 Å². The average molecular weight is 477 g/mol. The van der Waals surface area contributed by atoms with E-state index in [9.17, 15) is 18.0 Å². The third-order valence-electron chi connectivity index (χ3n) is 6.16. The second-order valence-corrected chi connectivity index (χ2v) is 10.6. The molecular formula is C25H24N4O4S. The maximum Gasteiger partial charge on any atom is 0.282 e. The molecule has 0 aliphatic heterocycles. The number of sulfonamides is 1. The van der Waals surface area contributed by atoms with Gasteiger partial charge in [0.05, 0.1) is 11.8 Å². The summed E-state index contributed by atoms with van der Waals surface area (Å²) in [4.78, 5) is 33.4. The van der Waals surface area contributed by atoms with Gasteiger partial charge < -0.3 is 9.55 Å². The highest BCUT2D eigenvalue weighted by Crippen LogP contribution is 2.36. The minimum atomic E-state index is -3.80. The molecule has 3 heterocycles. The van der Waals surface area contributed by atoms with Gasteiger partial charge in [-0.25, -0.2) is 13.1 Å². The number of hydrogen-bond acceptors (Lipinski definition) is 5. The van der Waals surface area contributed by atoms with Crippen molar-refractivity contribution < 1.29 is 13.2 Å². The van der Waals surface area contributed by atoms with E-state index in [1.165, 1.54) is 6.20 Å². The molecule has 8 nitrogen and oxygen atoms in total. The van der Waals surface area contributed by atoms with Crippen LogP contribution in [0.25, 0.3) is 22.0 Å². The van der Waals surface area contributed by atoms with Gasteiger partial charge in [0.2, 0.25) is 10.0 Å². The van der Waals surface area contributed by atoms with Gasteiger partial charge in [0.25, 0.3) is 11.5 Å². The van der Waals surface area contributed by atoms with Crippen molar-refractivity contribution in [3.8, 4) is 11.1 Å². The van der Waals surface area contributed by atoms with Crippen molar-refractivity contribution in [3.63, 3.8) is 0 Å². The van der Waals surface area contributed by atoms with E-state index in [0.717, 1.165) is 22.3 Å². The molecule has 1 amide bonds. The summed E-state index contributed by atoms with van der Waals surface area (Å²) < 4.78 is 29.4. The Labute approximate surface area is 196 Å². The topological polar surface area (TPSA) is 114 Å². The fourth-order valence-electron chi connectivity index (χ4n) is 4.25. The molecule has 0 radical (unpaired) electrons. The van der Waals surface area contributed by atoms with Crippen molar-refractivity contribution in [2.24, 2.45) is 0 Å². The van der Waals surface area contributed by atoms with Gasteiger partial charge >= 0.3 is 0 Å². The summed E-state index contributed by atoms with van der Waals surface area (Å²) >= 11 is 0. The largest absolute Gasteiger partial charge is 0.331 e. The van der Waals surface area contributed by atoms with Crippen molar-refractivity contribution in [3.05, 3.63) is 87.7 Å². The number of hydrogen-bond donors (Lipinski definition) is 2. The summed E-state index contributed by atoms with van der Waals surface area (Å²) in [5.74, 6) is -0.749. The minimum Gasteiger partial charge on any atom is -0.331 e. The Morgan fingerprint density at radius 1 is 1.18 bits per heavy atom. The number of carbonyl (C=O) groups is 1. The number of H-pyrrole nitrogens is 1. The van der Waals surface area contributed by atoms with Gasteiger partial charge in [0, 0.05) is 40.1 Å². The molecule has 2 N–H and O–H groups in total. The Hall–Kier alpha value is -3.72. The number of fused-ring (bicyclic) bond motifs is 1. The van der Waals surface area contributed by atoms with Crippen LogP contribution in [0.15, 0.2) is 59.7 Å². The van der Waals surface area contributed by atoms with Gasteiger partial charge in [-0.05, 0) is 62.6 Å². The lowest BCUT2D eigenvalue weighted by Crippen LogP contribution is -2.35. The van der Waals surface area contributed by atoms with Crippen LogP contribution in [-0.4, -0.2) is 34.1 Å². The maximum absolute atomic E-state index is 13.6. The second-order valence-electron chi connectivity index (χ2n) is 8.67. The zero-order chi connectivity index (χ0) is 24.0. The van der Waals surface area contributed by atoms with Crippen molar-refractivity contribution in [1.29, 1.82) is 0 Å². The van der Waals surface area contributed by atoms with Crippen molar-refractivity contribution in [1.82, 2.24) is 19.3 Å². The molecule has 1 fully saturated rings. The fraction of sp³-hybridized carbons (Fsp3) is 0.240. The van der Waals surface area contributed by atoms with E-state index in [1.807, 2.05) is 44.2 Å². The lowest BCUT2D eigenvalue weighted by molar-refractivity contribution is 0.0974. The Kier molecular flexibility index (Phi) is 5.36. The van der Waals surface area contributed by atoms with Crippen LogP contribution in [0, 0.1) is 13.8 Å². The molecule has 174 valence electrons. The van der Waals surface area contributed by atoms with Crippen LogP contribution >= 0.6 is 0 Å². The molecule has 1 aliphatic rings.